The summed E-state index contributed by atoms with van der Waals surface area (Å²) < 4.78 is 118. The maximum atomic E-state index is 10.7. The van der Waals surface area contributed by atoms with E-state index >= 15 is 0 Å². The SMILES string of the molecule is O=S(=O)([O-])C(F)(F)F.O=S(=O)([O-])C(F)(F)F.[Zr+4].c1ccc2[cH-]c(CCc3cc4ccccc4[cH-]3)cc2c1. The predicted molar refractivity (Wildman–Crippen MR) is 118 cm³/mol. The summed E-state index contributed by atoms with van der Waals surface area (Å²) in [6, 6.07) is 26.5. The number of halogens is 6. The maximum absolute atomic E-state index is 10.7. The van der Waals surface area contributed by atoms with Crippen LogP contribution in [0.15, 0.2) is 72.8 Å². The van der Waals surface area contributed by atoms with E-state index in [2.05, 4.69) is 72.8 Å². The second-order valence-corrected chi connectivity index (χ2v) is 10.0. The van der Waals surface area contributed by atoms with E-state index in [1.54, 1.807) is 0 Å². The van der Waals surface area contributed by atoms with Crippen LogP contribution in [0.25, 0.3) is 21.5 Å². The third kappa shape index (κ3) is 9.97. The molecule has 0 aliphatic rings. The fourth-order valence-corrected chi connectivity index (χ4v) is 3.01. The average molecular weight is 646 g/mol. The Hall–Kier alpha value is -2.06. The molecule has 198 valence electrons. The van der Waals surface area contributed by atoms with Crippen molar-refractivity contribution in [2.24, 2.45) is 0 Å². The van der Waals surface area contributed by atoms with E-state index in [9.17, 15) is 26.3 Å². The quantitative estimate of drug-likeness (QED) is 0.129. The van der Waals surface area contributed by atoms with Crippen molar-refractivity contribution in [2.45, 2.75) is 23.9 Å². The van der Waals surface area contributed by atoms with Gasteiger partial charge in [-0.05, 0) is 12.8 Å². The number of benzene rings is 2. The van der Waals surface area contributed by atoms with Gasteiger partial charge in [-0.25, -0.2) is 16.8 Å². The predicted octanol–water partition coefficient (Wildman–Crippen LogP) is 5.32. The van der Waals surface area contributed by atoms with Crippen molar-refractivity contribution in [1.82, 2.24) is 0 Å². The van der Waals surface area contributed by atoms with Crippen molar-refractivity contribution >= 4 is 41.8 Å². The van der Waals surface area contributed by atoms with Gasteiger partial charge in [0.25, 0.3) is 0 Å². The van der Waals surface area contributed by atoms with E-state index in [0.717, 1.165) is 12.8 Å². The minimum Gasteiger partial charge on any atom is -0.741 e. The molecule has 0 spiro atoms. The summed E-state index contributed by atoms with van der Waals surface area (Å²) in [6.45, 7) is 0. The molecular weight excluding hydrogens is 630 g/mol. The first-order valence-corrected chi connectivity index (χ1v) is 12.5. The van der Waals surface area contributed by atoms with Gasteiger partial charge >= 0.3 is 37.2 Å². The molecule has 0 aliphatic heterocycles. The first kappa shape index (κ1) is 33.0. The zero-order chi connectivity index (χ0) is 27.4. The second-order valence-electron chi connectivity index (χ2n) is 7.28. The van der Waals surface area contributed by atoms with Gasteiger partial charge in [0.15, 0.2) is 20.2 Å². The van der Waals surface area contributed by atoms with Crippen LogP contribution in [0.5, 0.6) is 0 Å². The van der Waals surface area contributed by atoms with Crippen LogP contribution < -0.4 is 0 Å². The van der Waals surface area contributed by atoms with Crippen molar-refractivity contribution in [3.8, 4) is 0 Å². The third-order valence-electron chi connectivity index (χ3n) is 4.62. The van der Waals surface area contributed by atoms with Crippen molar-refractivity contribution in [1.29, 1.82) is 0 Å². The van der Waals surface area contributed by atoms with E-state index < -0.39 is 31.3 Å². The first-order chi connectivity index (χ1) is 16.4. The Bertz CT molecular complexity index is 1340. The molecule has 0 heterocycles. The summed E-state index contributed by atoms with van der Waals surface area (Å²) in [5, 5.41) is 5.43. The standard InChI is InChI=1S/C20H16.2CHF3O3S.Zr/c1-2-6-18-12-15(11-17(18)5-1)9-10-16-13-19-7-3-4-8-20(19)14-16;2*2-1(3,4)8(5,6)7;/h1-8,11-14H,9-10H2;2*(H,5,6,7);/q-2;;;+4/p-2. The third-order valence-corrected chi connectivity index (χ3v) is 5.76. The van der Waals surface area contributed by atoms with Crippen LogP contribution in [-0.4, -0.2) is 37.0 Å². The van der Waals surface area contributed by atoms with Crippen LogP contribution in [-0.2, 0) is 59.3 Å². The van der Waals surface area contributed by atoms with Crippen LogP contribution in [0.2, 0.25) is 0 Å². The molecule has 4 rings (SSSR count). The summed E-state index contributed by atoms with van der Waals surface area (Å²) in [6.07, 6.45) is 2.23. The number of rotatable bonds is 3. The Morgan fingerprint density at radius 3 is 1.14 bits per heavy atom. The van der Waals surface area contributed by atoms with E-state index in [1.807, 2.05) is 0 Å². The molecule has 0 aromatic heterocycles. The van der Waals surface area contributed by atoms with Crippen LogP contribution >= 0.6 is 0 Å². The van der Waals surface area contributed by atoms with E-state index in [4.69, 9.17) is 25.9 Å². The van der Waals surface area contributed by atoms with Gasteiger partial charge in [-0.15, -0.1) is 81.2 Å². The summed E-state index contributed by atoms with van der Waals surface area (Å²) in [7, 11) is -12.2. The van der Waals surface area contributed by atoms with Crippen molar-refractivity contribution in [3.63, 3.8) is 0 Å². The minimum atomic E-state index is -6.09. The fourth-order valence-electron chi connectivity index (χ4n) is 3.01. The number of hydrogen-bond acceptors (Lipinski definition) is 6. The summed E-state index contributed by atoms with van der Waals surface area (Å²) in [5.41, 5.74) is -8.41. The molecule has 0 fully saturated rings. The van der Waals surface area contributed by atoms with Gasteiger partial charge in [0.2, 0.25) is 0 Å². The largest absolute Gasteiger partial charge is 4.00 e. The number of aryl methyl sites for hydroxylation is 2. The van der Waals surface area contributed by atoms with Crippen LogP contribution in [0.3, 0.4) is 0 Å². The zero-order valence-corrected chi connectivity index (χ0v) is 22.5. The molecule has 0 amide bonds. The molecule has 0 saturated heterocycles. The second kappa shape index (κ2) is 12.7. The van der Waals surface area contributed by atoms with Crippen LogP contribution in [0.4, 0.5) is 26.3 Å². The topological polar surface area (TPSA) is 114 Å². The molecular formula is C22H16F6O6S2Zr. The number of fused-ring (bicyclic) bond motifs is 2. The normalized spacial score (nSPS) is 12.2. The Morgan fingerprint density at radius 2 is 0.892 bits per heavy atom. The Kier molecular flexibility index (Phi) is 11.3. The smallest absolute Gasteiger partial charge is 0.741 e. The van der Waals surface area contributed by atoms with Crippen molar-refractivity contribution < 1.29 is 78.5 Å². The van der Waals surface area contributed by atoms with Gasteiger partial charge in [0.05, 0.1) is 0 Å². The molecule has 4 aromatic carbocycles. The summed E-state index contributed by atoms with van der Waals surface area (Å²) in [5.74, 6) is 0. The molecule has 15 heteroatoms. The molecule has 4 aromatic rings. The van der Waals surface area contributed by atoms with E-state index in [0.29, 0.717) is 0 Å². The van der Waals surface area contributed by atoms with Crippen LogP contribution in [0, 0.1) is 0 Å². The number of alkyl halides is 6. The van der Waals surface area contributed by atoms with Crippen molar-refractivity contribution in [2.75, 3.05) is 0 Å². The Balaban J connectivity index is 0.000000340. The van der Waals surface area contributed by atoms with Gasteiger partial charge in [-0.1, -0.05) is 12.1 Å². The summed E-state index contributed by atoms with van der Waals surface area (Å²) in [4.78, 5) is 0. The van der Waals surface area contributed by atoms with E-state index in [-0.39, 0.29) is 26.2 Å². The fraction of sp³-hybridized carbons (Fsp3) is 0.182. The Labute approximate surface area is 227 Å². The molecule has 0 atom stereocenters. The average Bonchev–Trinajstić information content (AvgIpc) is 3.33. The number of hydrogen-bond donors (Lipinski definition) is 0. The molecule has 0 radical (unpaired) electrons. The first-order valence-electron chi connectivity index (χ1n) is 9.71. The van der Waals surface area contributed by atoms with Gasteiger partial charge in [0, 0.05) is 0 Å². The molecule has 6 nitrogen and oxygen atoms in total. The van der Waals surface area contributed by atoms with Gasteiger partial charge in [0.1, 0.15) is 0 Å². The van der Waals surface area contributed by atoms with Gasteiger partial charge in [-0.2, -0.15) is 38.5 Å². The van der Waals surface area contributed by atoms with Crippen LogP contribution in [0.1, 0.15) is 11.1 Å². The van der Waals surface area contributed by atoms with E-state index in [1.165, 1.54) is 32.7 Å². The Morgan fingerprint density at radius 1 is 0.622 bits per heavy atom. The molecule has 0 saturated carbocycles. The zero-order valence-electron chi connectivity index (χ0n) is 18.4. The summed E-state index contributed by atoms with van der Waals surface area (Å²) >= 11 is 0. The van der Waals surface area contributed by atoms with Gasteiger partial charge < -0.3 is 9.11 Å². The molecule has 0 aliphatic carbocycles. The molecule has 0 N–H and O–H groups in total. The molecule has 0 unspecified atom stereocenters. The minimum absolute atomic E-state index is 0. The van der Waals surface area contributed by atoms with Gasteiger partial charge in [-0.3, -0.25) is 0 Å². The maximum Gasteiger partial charge on any atom is 4.00 e. The molecule has 37 heavy (non-hydrogen) atoms. The monoisotopic (exact) mass is 644 g/mol. The molecule has 0 bridgehead atoms. The van der Waals surface area contributed by atoms with Crippen molar-refractivity contribution in [3.05, 3.63) is 83.9 Å².